The molecule has 4 heteroatoms. The first-order valence-corrected chi connectivity index (χ1v) is 8.41. The highest BCUT2D eigenvalue weighted by Crippen LogP contribution is 2.37. The first kappa shape index (κ1) is 15.7. The molecule has 2 fully saturated rings. The Morgan fingerprint density at radius 1 is 1.00 bits per heavy atom. The van der Waals surface area contributed by atoms with Gasteiger partial charge < -0.3 is 14.2 Å². The molecule has 2 rings (SSSR count). The highest BCUT2D eigenvalue weighted by Gasteiger charge is 2.43. The van der Waals surface area contributed by atoms with Crippen LogP contribution in [0.3, 0.4) is 0 Å². The third-order valence-corrected chi connectivity index (χ3v) is 5.18. The second kappa shape index (κ2) is 7.39. The largest absolute Gasteiger partial charge is 0.382 e. The Morgan fingerprint density at radius 3 is 2.26 bits per heavy atom. The van der Waals surface area contributed by atoms with Crippen LogP contribution in [0.1, 0.15) is 39.5 Å². The molecule has 0 aromatic carbocycles. The lowest BCUT2D eigenvalue weighted by atomic mass is 9.81. The molecule has 3 nitrogen and oxygen atoms in total. The van der Waals surface area contributed by atoms with Crippen molar-refractivity contribution in [3.05, 3.63) is 0 Å². The van der Waals surface area contributed by atoms with Crippen LogP contribution in [0.25, 0.3) is 0 Å². The van der Waals surface area contributed by atoms with Gasteiger partial charge in [-0.25, -0.2) is 0 Å². The fourth-order valence-corrected chi connectivity index (χ4v) is 4.23. The van der Waals surface area contributed by atoms with Crippen LogP contribution in [0.5, 0.6) is 0 Å². The van der Waals surface area contributed by atoms with Gasteiger partial charge in [0.2, 0.25) is 0 Å². The van der Waals surface area contributed by atoms with E-state index in [0.717, 1.165) is 18.3 Å². The summed E-state index contributed by atoms with van der Waals surface area (Å²) in [6.07, 6.45) is 5.72. The molecule has 0 bridgehead atoms. The lowest BCUT2D eigenvalue weighted by Gasteiger charge is -2.44. The van der Waals surface area contributed by atoms with Crippen molar-refractivity contribution in [2.24, 2.45) is 11.8 Å². The number of rotatable bonds is 6. The fraction of sp³-hybridized carbons (Fsp3) is 1.00. The molecule has 5 atom stereocenters. The van der Waals surface area contributed by atoms with Crippen LogP contribution in [-0.2, 0) is 14.2 Å². The third kappa shape index (κ3) is 4.42. The standard InChI is InChI=1S/C15H27BrO3/c1-10-6-11(2)8-12(7-10)19-14-9-13(16)15(14)18-5-4-17-3/h10-15H,4-9H2,1-3H3. The van der Waals surface area contributed by atoms with E-state index >= 15 is 0 Å². The topological polar surface area (TPSA) is 27.7 Å². The number of methoxy groups -OCH3 is 1. The zero-order chi connectivity index (χ0) is 13.8. The number of hydrogen-bond acceptors (Lipinski definition) is 3. The molecule has 0 radical (unpaired) electrons. The second-order valence-electron chi connectivity index (χ2n) is 6.29. The summed E-state index contributed by atoms with van der Waals surface area (Å²) in [5, 5.41) is 0. The van der Waals surface area contributed by atoms with E-state index in [0.29, 0.717) is 24.1 Å². The van der Waals surface area contributed by atoms with Gasteiger partial charge in [-0.15, -0.1) is 0 Å². The normalized spacial score (nSPS) is 42.9. The predicted molar refractivity (Wildman–Crippen MR) is 79.8 cm³/mol. The van der Waals surface area contributed by atoms with Crippen LogP contribution >= 0.6 is 15.9 Å². The molecule has 0 aliphatic heterocycles. The highest BCUT2D eigenvalue weighted by atomic mass is 79.9. The third-order valence-electron chi connectivity index (χ3n) is 4.28. The van der Waals surface area contributed by atoms with Crippen molar-refractivity contribution in [2.45, 2.75) is 62.7 Å². The van der Waals surface area contributed by atoms with Gasteiger partial charge >= 0.3 is 0 Å². The van der Waals surface area contributed by atoms with Crippen LogP contribution < -0.4 is 0 Å². The summed E-state index contributed by atoms with van der Waals surface area (Å²) < 4.78 is 17.2. The first-order valence-electron chi connectivity index (χ1n) is 7.50. The van der Waals surface area contributed by atoms with Crippen molar-refractivity contribution in [2.75, 3.05) is 20.3 Å². The van der Waals surface area contributed by atoms with E-state index in [4.69, 9.17) is 14.2 Å². The minimum absolute atomic E-state index is 0.197. The van der Waals surface area contributed by atoms with Gasteiger partial charge in [-0.1, -0.05) is 29.8 Å². The number of alkyl halides is 1. The van der Waals surface area contributed by atoms with Gasteiger partial charge in [-0.3, -0.25) is 0 Å². The van der Waals surface area contributed by atoms with Gasteiger partial charge in [-0.05, 0) is 37.5 Å². The van der Waals surface area contributed by atoms with Crippen LogP contribution in [0.15, 0.2) is 0 Å². The van der Waals surface area contributed by atoms with E-state index in [1.807, 2.05) is 0 Å². The molecule has 0 aromatic heterocycles. The Bertz CT molecular complexity index is 264. The zero-order valence-corrected chi connectivity index (χ0v) is 13.9. The maximum absolute atomic E-state index is 6.29. The molecule has 19 heavy (non-hydrogen) atoms. The second-order valence-corrected chi connectivity index (χ2v) is 7.47. The van der Waals surface area contributed by atoms with Gasteiger partial charge in [0.1, 0.15) is 0 Å². The maximum atomic E-state index is 6.29. The molecule has 0 saturated heterocycles. The highest BCUT2D eigenvalue weighted by molar-refractivity contribution is 9.09. The van der Waals surface area contributed by atoms with Gasteiger partial charge in [-0.2, -0.15) is 0 Å². The Balaban J connectivity index is 1.75. The number of ether oxygens (including phenoxy) is 3. The lowest BCUT2D eigenvalue weighted by molar-refractivity contribution is -0.160. The molecule has 0 heterocycles. The van der Waals surface area contributed by atoms with E-state index in [1.165, 1.54) is 19.3 Å². The van der Waals surface area contributed by atoms with Crippen molar-refractivity contribution >= 4 is 15.9 Å². The average Bonchev–Trinajstić information content (AvgIpc) is 2.33. The zero-order valence-electron chi connectivity index (χ0n) is 12.3. The maximum Gasteiger partial charge on any atom is 0.0963 e. The molecule has 5 unspecified atom stereocenters. The van der Waals surface area contributed by atoms with Crippen molar-refractivity contribution in [1.82, 2.24) is 0 Å². The van der Waals surface area contributed by atoms with Gasteiger partial charge in [0.25, 0.3) is 0 Å². The van der Waals surface area contributed by atoms with E-state index in [1.54, 1.807) is 7.11 Å². The van der Waals surface area contributed by atoms with Gasteiger partial charge in [0.05, 0.1) is 31.5 Å². The van der Waals surface area contributed by atoms with E-state index in [9.17, 15) is 0 Å². The van der Waals surface area contributed by atoms with Crippen molar-refractivity contribution < 1.29 is 14.2 Å². The molecule has 112 valence electrons. The summed E-state index contributed by atoms with van der Waals surface area (Å²) in [4.78, 5) is 0.438. The molecular formula is C15H27BrO3. The Morgan fingerprint density at radius 2 is 1.68 bits per heavy atom. The van der Waals surface area contributed by atoms with Crippen LogP contribution in [0.2, 0.25) is 0 Å². The molecule has 0 spiro atoms. The van der Waals surface area contributed by atoms with Gasteiger partial charge in [0, 0.05) is 11.9 Å². The monoisotopic (exact) mass is 334 g/mol. The van der Waals surface area contributed by atoms with Crippen molar-refractivity contribution in [3.8, 4) is 0 Å². The predicted octanol–water partition coefficient (Wildman–Crippen LogP) is 3.40. The van der Waals surface area contributed by atoms with Crippen LogP contribution in [-0.4, -0.2) is 43.5 Å². The van der Waals surface area contributed by atoms with E-state index in [-0.39, 0.29) is 12.2 Å². The molecule has 0 aromatic rings. The summed E-state index contributed by atoms with van der Waals surface area (Å²) in [5.74, 6) is 1.59. The lowest BCUT2D eigenvalue weighted by Crippen LogP contribution is -2.52. The minimum atomic E-state index is 0.197. The Hall–Kier alpha value is 0.360. The summed E-state index contributed by atoms with van der Waals surface area (Å²) in [7, 11) is 1.70. The van der Waals surface area contributed by atoms with Gasteiger partial charge in [0.15, 0.2) is 0 Å². The molecule has 0 N–H and O–H groups in total. The molecule has 0 amide bonds. The number of hydrogen-bond donors (Lipinski definition) is 0. The average molecular weight is 335 g/mol. The fourth-order valence-electron chi connectivity index (χ4n) is 3.37. The quantitative estimate of drug-likeness (QED) is 0.550. The number of halogens is 1. The molecule has 2 aliphatic rings. The van der Waals surface area contributed by atoms with Crippen molar-refractivity contribution in [3.63, 3.8) is 0 Å². The summed E-state index contributed by atoms with van der Waals surface area (Å²) in [6, 6.07) is 0. The molecule has 2 aliphatic carbocycles. The van der Waals surface area contributed by atoms with Crippen LogP contribution in [0.4, 0.5) is 0 Å². The summed E-state index contributed by atoms with van der Waals surface area (Å²) >= 11 is 3.66. The molecule has 2 saturated carbocycles. The van der Waals surface area contributed by atoms with Crippen molar-refractivity contribution in [1.29, 1.82) is 0 Å². The Labute approximate surface area is 125 Å². The summed E-state index contributed by atoms with van der Waals surface area (Å²) in [5.41, 5.74) is 0. The van der Waals surface area contributed by atoms with E-state index in [2.05, 4.69) is 29.8 Å². The molecular weight excluding hydrogens is 308 g/mol. The SMILES string of the molecule is COCCOC1C(Br)CC1OC1CC(C)CC(C)C1. The summed E-state index contributed by atoms with van der Waals surface area (Å²) in [6.45, 7) is 5.99. The smallest absolute Gasteiger partial charge is 0.0963 e. The van der Waals surface area contributed by atoms with Crippen LogP contribution in [0, 0.1) is 11.8 Å². The Kier molecular flexibility index (Phi) is 6.12. The van der Waals surface area contributed by atoms with E-state index < -0.39 is 0 Å². The first-order chi connectivity index (χ1) is 9.10. The minimum Gasteiger partial charge on any atom is -0.382 e.